The van der Waals surface area contributed by atoms with Gasteiger partial charge in [-0.3, -0.25) is 4.79 Å². The Labute approximate surface area is 113 Å². The Kier molecular flexibility index (Phi) is 4.15. The molecule has 0 saturated heterocycles. The zero-order valence-electron chi connectivity index (χ0n) is 11.7. The molecule has 1 aromatic heterocycles. The maximum atomic E-state index is 11.8. The summed E-state index contributed by atoms with van der Waals surface area (Å²) in [7, 11) is 0. The molecule has 0 saturated carbocycles. The molecule has 100 valence electrons. The molecule has 1 aromatic carbocycles. The molecule has 0 spiro atoms. The van der Waals surface area contributed by atoms with Gasteiger partial charge in [0.25, 0.3) is 5.56 Å². The van der Waals surface area contributed by atoms with E-state index in [1.54, 1.807) is 0 Å². The number of benzene rings is 1. The summed E-state index contributed by atoms with van der Waals surface area (Å²) in [5.74, 6) is 0.619. The lowest BCUT2D eigenvalue weighted by atomic mass is 9.98. The molecule has 0 aliphatic carbocycles. The SMILES string of the molecule is CCc1c(-c2cccc(CC(C)C)c2)nc[nH]c1=O. The van der Waals surface area contributed by atoms with E-state index in [-0.39, 0.29) is 5.56 Å². The van der Waals surface area contributed by atoms with Crippen LogP contribution in [0.4, 0.5) is 0 Å². The van der Waals surface area contributed by atoms with E-state index < -0.39 is 0 Å². The van der Waals surface area contributed by atoms with Gasteiger partial charge in [-0.15, -0.1) is 0 Å². The van der Waals surface area contributed by atoms with Crippen LogP contribution < -0.4 is 5.56 Å². The molecule has 0 aliphatic rings. The zero-order chi connectivity index (χ0) is 13.8. The molecule has 2 aromatic rings. The van der Waals surface area contributed by atoms with Crippen molar-refractivity contribution < 1.29 is 0 Å². The minimum Gasteiger partial charge on any atom is -0.313 e. The predicted octanol–water partition coefficient (Wildman–Crippen LogP) is 3.20. The normalized spacial score (nSPS) is 10.9. The molecule has 3 heteroatoms. The van der Waals surface area contributed by atoms with Gasteiger partial charge in [0.05, 0.1) is 12.0 Å². The minimum atomic E-state index is -0.0400. The molecule has 1 heterocycles. The molecule has 0 atom stereocenters. The maximum absolute atomic E-state index is 11.8. The summed E-state index contributed by atoms with van der Waals surface area (Å²) in [5, 5.41) is 0. The molecule has 19 heavy (non-hydrogen) atoms. The van der Waals surface area contributed by atoms with Gasteiger partial charge in [0.15, 0.2) is 0 Å². The molecular formula is C16H20N2O. The van der Waals surface area contributed by atoms with E-state index in [1.165, 1.54) is 11.9 Å². The van der Waals surface area contributed by atoms with Crippen LogP contribution in [0.15, 0.2) is 35.4 Å². The smallest absolute Gasteiger partial charge is 0.254 e. The van der Waals surface area contributed by atoms with Crippen molar-refractivity contribution >= 4 is 0 Å². The Hall–Kier alpha value is -1.90. The van der Waals surface area contributed by atoms with E-state index in [9.17, 15) is 4.79 Å². The molecule has 0 aliphatic heterocycles. The second kappa shape index (κ2) is 5.83. The standard InChI is InChI=1S/C16H20N2O/c1-4-14-15(17-10-18-16(14)19)13-7-5-6-12(9-13)8-11(2)3/h5-7,9-11H,4,8H2,1-3H3,(H,17,18,19). The van der Waals surface area contributed by atoms with Gasteiger partial charge < -0.3 is 4.98 Å². The average Bonchev–Trinajstić information content (AvgIpc) is 2.38. The van der Waals surface area contributed by atoms with E-state index in [0.29, 0.717) is 12.3 Å². The van der Waals surface area contributed by atoms with Crippen molar-refractivity contribution in [3.8, 4) is 11.3 Å². The third-order valence-corrected chi connectivity index (χ3v) is 3.15. The van der Waals surface area contributed by atoms with Crippen molar-refractivity contribution in [1.29, 1.82) is 0 Å². The Morgan fingerprint density at radius 3 is 2.79 bits per heavy atom. The molecular weight excluding hydrogens is 236 g/mol. The van der Waals surface area contributed by atoms with Crippen LogP contribution in [-0.4, -0.2) is 9.97 Å². The fraction of sp³-hybridized carbons (Fsp3) is 0.375. The predicted molar refractivity (Wildman–Crippen MR) is 78.2 cm³/mol. The molecule has 0 radical (unpaired) electrons. The van der Waals surface area contributed by atoms with Gasteiger partial charge in [0, 0.05) is 11.1 Å². The van der Waals surface area contributed by atoms with Crippen molar-refractivity contribution in [2.75, 3.05) is 0 Å². The molecule has 0 fully saturated rings. The third-order valence-electron chi connectivity index (χ3n) is 3.15. The van der Waals surface area contributed by atoms with Gasteiger partial charge in [0.1, 0.15) is 0 Å². The fourth-order valence-corrected chi connectivity index (χ4v) is 2.32. The van der Waals surface area contributed by atoms with Crippen molar-refractivity contribution in [2.45, 2.75) is 33.6 Å². The van der Waals surface area contributed by atoms with E-state index in [4.69, 9.17) is 0 Å². The van der Waals surface area contributed by atoms with Gasteiger partial charge in [-0.25, -0.2) is 4.98 Å². The second-order valence-corrected chi connectivity index (χ2v) is 5.21. The number of aromatic nitrogens is 2. The van der Waals surface area contributed by atoms with E-state index in [2.05, 4.69) is 35.9 Å². The maximum Gasteiger partial charge on any atom is 0.254 e. The quantitative estimate of drug-likeness (QED) is 0.913. The highest BCUT2D eigenvalue weighted by atomic mass is 16.1. The van der Waals surface area contributed by atoms with Gasteiger partial charge >= 0.3 is 0 Å². The second-order valence-electron chi connectivity index (χ2n) is 5.21. The number of aromatic amines is 1. The first kappa shape index (κ1) is 13.5. The first-order chi connectivity index (χ1) is 9.11. The van der Waals surface area contributed by atoms with Crippen LogP contribution >= 0.6 is 0 Å². The monoisotopic (exact) mass is 256 g/mol. The van der Waals surface area contributed by atoms with Gasteiger partial charge in [-0.1, -0.05) is 39.0 Å². The number of rotatable bonds is 4. The lowest BCUT2D eigenvalue weighted by Gasteiger charge is -2.09. The largest absolute Gasteiger partial charge is 0.313 e. The highest BCUT2D eigenvalue weighted by Crippen LogP contribution is 2.21. The highest BCUT2D eigenvalue weighted by Gasteiger charge is 2.09. The first-order valence-electron chi connectivity index (χ1n) is 6.77. The van der Waals surface area contributed by atoms with Crippen LogP contribution in [0, 0.1) is 5.92 Å². The zero-order valence-corrected chi connectivity index (χ0v) is 11.7. The van der Waals surface area contributed by atoms with Gasteiger partial charge in [0.2, 0.25) is 0 Å². The summed E-state index contributed by atoms with van der Waals surface area (Å²) in [5.41, 5.74) is 3.83. The van der Waals surface area contributed by atoms with E-state index in [0.717, 1.165) is 23.2 Å². The molecule has 2 rings (SSSR count). The number of H-pyrrole nitrogens is 1. The molecule has 3 nitrogen and oxygen atoms in total. The summed E-state index contributed by atoms with van der Waals surface area (Å²) in [6.45, 7) is 6.39. The topological polar surface area (TPSA) is 45.8 Å². The molecule has 0 amide bonds. The van der Waals surface area contributed by atoms with Crippen LogP contribution in [0.5, 0.6) is 0 Å². The first-order valence-corrected chi connectivity index (χ1v) is 6.77. The van der Waals surface area contributed by atoms with Crippen LogP contribution in [0.25, 0.3) is 11.3 Å². The van der Waals surface area contributed by atoms with Crippen LogP contribution in [0.1, 0.15) is 31.9 Å². The van der Waals surface area contributed by atoms with Crippen LogP contribution in [0.2, 0.25) is 0 Å². The number of nitrogens with zero attached hydrogens (tertiary/aromatic N) is 1. The number of nitrogens with one attached hydrogen (secondary N) is 1. The number of hydrogen-bond donors (Lipinski definition) is 1. The Morgan fingerprint density at radius 2 is 2.11 bits per heavy atom. The van der Waals surface area contributed by atoms with Gasteiger partial charge in [-0.2, -0.15) is 0 Å². The summed E-state index contributed by atoms with van der Waals surface area (Å²) >= 11 is 0. The lowest BCUT2D eigenvalue weighted by molar-refractivity contribution is 0.647. The summed E-state index contributed by atoms with van der Waals surface area (Å²) in [6, 6.07) is 8.32. The highest BCUT2D eigenvalue weighted by molar-refractivity contribution is 5.63. The van der Waals surface area contributed by atoms with Crippen LogP contribution in [0.3, 0.4) is 0 Å². The minimum absolute atomic E-state index is 0.0400. The van der Waals surface area contributed by atoms with Crippen molar-refractivity contribution in [3.63, 3.8) is 0 Å². The van der Waals surface area contributed by atoms with Crippen molar-refractivity contribution in [1.82, 2.24) is 9.97 Å². The molecule has 0 bridgehead atoms. The van der Waals surface area contributed by atoms with E-state index in [1.807, 2.05) is 19.1 Å². The average molecular weight is 256 g/mol. The Morgan fingerprint density at radius 1 is 1.32 bits per heavy atom. The fourth-order valence-electron chi connectivity index (χ4n) is 2.32. The molecule has 1 N–H and O–H groups in total. The van der Waals surface area contributed by atoms with Crippen LogP contribution in [-0.2, 0) is 12.8 Å². The summed E-state index contributed by atoms with van der Waals surface area (Å²) < 4.78 is 0. The van der Waals surface area contributed by atoms with Crippen molar-refractivity contribution in [3.05, 3.63) is 52.1 Å². The third kappa shape index (κ3) is 3.11. The lowest BCUT2D eigenvalue weighted by Crippen LogP contribution is -2.14. The summed E-state index contributed by atoms with van der Waals surface area (Å²) in [6.07, 6.45) is 3.21. The van der Waals surface area contributed by atoms with Gasteiger partial charge in [-0.05, 0) is 30.4 Å². The molecule has 0 unspecified atom stereocenters. The Balaban J connectivity index is 2.47. The summed E-state index contributed by atoms with van der Waals surface area (Å²) in [4.78, 5) is 18.8. The van der Waals surface area contributed by atoms with E-state index >= 15 is 0 Å². The number of hydrogen-bond acceptors (Lipinski definition) is 2. The van der Waals surface area contributed by atoms with Crippen molar-refractivity contribution in [2.24, 2.45) is 5.92 Å². The Bertz CT molecular complexity index is 614.